The monoisotopic (exact) mass is 477 g/mol. The number of sulfonamides is 1. The zero-order valence-corrected chi connectivity index (χ0v) is 20.5. The minimum absolute atomic E-state index is 0.0401. The molecule has 2 aromatic rings. The van der Waals surface area contributed by atoms with Crippen LogP contribution in [0, 0.1) is 18.7 Å². The van der Waals surface area contributed by atoms with Gasteiger partial charge >= 0.3 is 0 Å². The number of carbonyl (C=O) groups excluding carboxylic acids is 2. The number of rotatable bonds is 10. The van der Waals surface area contributed by atoms with Crippen LogP contribution in [0.25, 0.3) is 0 Å². The molecule has 2 amide bonds. The van der Waals surface area contributed by atoms with Gasteiger partial charge in [-0.25, -0.2) is 12.8 Å². The quantitative estimate of drug-likeness (QED) is 0.570. The average Bonchev–Trinajstić information content (AvgIpc) is 2.72. The predicted octanol–water partition coefficient (Wildman–Crippen LogP) is 3.09. The molecule has 33 heavy (non-hydrogen) atoms. The molecule has 0 fully saturated rings. The van der Waals surface area contributed by atoms with Crippen LogP contribution < -0.4 is 9.62 Å². The van der Waals surface area contributed by atoms with E-state index in [1.807, 2.05) is 45.0 Å². The van der Waals surface area contributed by atoms with Crippen LogP contribution in [0.3, 0.4) is 0 Å². The fourth-order valence-corrected chi connectivity index (χ4v) is 4.13. The van der Waals surface area contributed by atoms with E-state index in [-0.39, 0.29) is 24.1 Å². The van der Waals surface area contributed by atoms with Crippen LogP contribution in [0.1, 0.15) is 31.9 Å². The van der Waals surface area contributed by atoms with E-state index in [4.69, 9.17) is 0 Å². The molecule has 2 rings (SSSR count). The SMILES string of the molecule is Cc1cccc(CN(C(=O)CN(c2cccc(F)c2)S(C)(=O)=O)C(C)C(=O)NCC(C)C)c1. The molecule has 0 aliphatic carbocycles. The Morgan fingerprint density at radius 3 is 2.30 bits per heavy atom. The summed E-state index contributed by atoms with van der Waals surface area (Å²) in [5.41, 5.74) is 1.84. The van der Waals surface area contributed by atoms with Crippen LogP contribution in [0.15, 0.2) is 48.5 Å². The number of halogens is 1. The minimum atomic E-state index is -3.89. The Hall–Kier alpha value is -2.94. The van der Waals surface area contributed by atoms with Gasteiger partial charge < -0.3 is 10.2 Å². The Balaban J connectivity index is 2.36. The van der Waals surface area contributed by atoms with Crippen molar-refractivity contribution in [1.82, 2.24) is 10.2 Å². The van der Waals surface area contributed by atoms with Gasteiger partial charge in [0.05, 0.1) is 11.9 Å². The summed E-state index contributed by atoms with van der Waals surface area (Å²) in [4.78, 5) is 27.5. The van der Waals surface area contributed by atoms with Gasteiger partial charge in [0, 0.05) is 13.1 Å². The lowest BCUT2D eigenvalue weighted by Crippen LogP contribution is -2.51. The van der Waals surface area contributed by atoms with Crippen LogP contribution in [-0.2, 0) is 26.2 Å². The first-order valence-electron chi connectivity index (χ1n) is 10.7. The van der Waals surface area contributed by atoms with E-state index in [1.165, 1.54) is 23.1 Å². The molecule has 0 aromatic heterocycles. The second-order valence-corrected chi connectivity index (χ2v) is 10.5. The van der Waals surface area contributed by atoms with Crippen molar-refractivity contribution in [2.24, 2.45) is 5.92 Å². The van der Waals surface area contributed by atoms with Crippen molar-refractivity contribution in [3.05, 3.63) is 65.5 Å². The van der Waals surface area contributed by atoms with Gasteiger partial charge in [-0.2, -0.15) is 0 Å². The molecule has 2 aromatic carbocycles. The van der Waals surface area contributed by atoms with E-state index in [0.29, 0.717) is 6.54 Å². The van der Waals surface area contributed by atoms with E-state index in [0.717, 1.165) is 27.8 Å². The highest BCUT2D eigenvalue weighted by atomic mass is 32.2. The number of anilines is 1. The molecule has 0 heterocycles. The van der Waals surface area contributed by atoms with Crippen LogP contribution in [0.2, 0.25) is 0 Å². The zero-order chi connectivity index (χ0) is 24.8. The number of aryl methyl sites for hydroxylation is 1. The van der Waals surface area contributed by atoms with Crippen LogP contribution in [0.4, 0.5) is 10.1 Å². The normalized spacial score (nSPS) is 12.3. The molecule has 9 heteroatoms. The summed E-state index contributed by atoms with van der Waals surface area (Å²) in [6.07, 6.45) is 0.953. The van der Waals surface area contributed by atoms with Crippen molar-refractivity contribution in [1.29, 1.82) is 0 Å². The number of amides is 2. The summed E-state index contributed by atoms with van der Waals surface area (Å²) in [6.45, 7) is 7.47. The molecule has 1 unspecified atom stereocenters. The molecule has 7 nitrogen and oxygen atoms in total. The molecular formula is C24H32FN3O4S. The van der Waals surface area contributed by atoms with Crippen molar-refractivity contribution in [3.8, 4) is 0 Å². The molecule has 0 saturated heterocycles. The molecule has 0 radical (unpaired) electrons. The van der Waals surface area contributed by atoms with E-state index in [2.05, 4.69) is 5.32 Å². The highest BCUT2D eigenvalue weighted by Gasteiger charge is 2.30. The van der Waals surface area contributed by atoms with Crippen LogP contribution in [-0.4, -0.2) is 50.5 Å². The third-order valence-corrected chi connectivity index (χ3v) is 6.20. The van der Waals surface area contributed by atoms with Crippen molar-refractivity contribution in [3.63, 3.8) is 0 Å². The van der Waals surface area contributed by atoms with Gasteiger partial charge in [0.2, 0.25) is 21.8 Å². The van der Waals surface area contributed by atoms with Crippen molar-refractivity contribution in [2.45, 2.75) is 40.3 Å². The second-order valence-electron chi connectivity index (χ2n) is 8.58. The zero-order valence-electron chi connectivity index (χ0n) is 19.7. The maximum absolute atomic E-state index is 13.8. The first-order valence-corrected chi connectivity index (χ1v) is 12.6. The Morgan fingerprint density at radius 1 is 1.06 bits per heavy atom. The summed E-state index contributed by atoms with van der Waals surface area (Å²) >= 11 is 0. The molecule has 1 N–H and O–H groups in total. The molecule has 0 aliphatic rings. The van der Waals surface area contributed by atoms with Crippen molar-refractivity contribution < 1.29 is 22.4 Å². The lowest BCUT2D eigenvalue weighted by Gasteiger charge is -2.31. The Kier molecular flexibility index (Phi) is 8.99. The van der Waals surface area contributed by atoms with Crippen LogP contribution >= 0.6 is 0 Å². The molecule has 1 atom stereocenters. The van der Waals surface area contributed by atoms with Crippen molar-refractivity contribution >= 4 is 27.5 Å². The smallest absolute Gasteiger partial charge is 0.244 e. The lowest BCUT2D eigenvalue weighted by atomic mass is 10.1. The highest BCUT2D eigenvalue weighted by Crippen LogP contribution is 2.20. The number of carbonyl (C=O) groups is 2. The highest BCUT2D eigenvalue weighted by molar-refractivity contribution is 7.92. The molecule has 0 bridgehead atoms. The van der Waals surface area contributed by atoms with Gasteiger partial charge in [0.15, 0.2) is 0 Å². The molecule has 0 saturated carbocycles. The van der Waals surface area contributed by atoms with E-state index >= 15 is 0 Å². The average molecular weight is 478 g/mol. The van der Waals surface area contributed by atoms with E-state index < -0.39 is 34.3 Å². The van der Waals surface area contributed by atoms with E-state index in [9.17, 15) is 22.4 Å². The second kappa shape index (κ2) is 11.3. The third-order valence-electron chi connectivity index (χ3n) is 5.06. The van der Waals surface area contributed by atoms with Gasteiger partial charge in [-0.3, -0.25) is 13.9 Å². The summed E-state index contributed by atoms with van der Waals surface area (Å²) in [5, 5.41) is 2.82. The molecule has 0 aliphatic heterocycles. The Labute approximate surface area is 195 Å². The van der Waals surface area contributed by atoms with E-state index in [1.54, 1.807) is 6.92 Å². The van der Waals surface area contributed by atoms with Gasteiger partial charge in [0.1, 0.15) is 18.4 Å². The lowest BCUT2D eigenvalue weighted by molar-refractivity contribution is -0.139. The summed E-state index contributed by atoms with van der Waals surface area (Å²) in [6, 6.07) is 11.7. The minimum Gasteiger partial charge on any atom is -0.354 e. The van der Waals surface area contributed by atoms with Gasteiger partial charge in [-0.05, 0) is 43.5 Å². The Bertz CT molecular complexity index is 1090. The fourth-order valence-electron chi connectivity index (χ4n) is 3.29. The maximum atomic E-state index is 13.8. The standard InChI is InChI=1S/C24H32FN3O4S/c1-17(2)14-26-24(30)19(4)27(15-20-9-6-8-18(3)12-20)23(29)16-28(33(5,31)32)22-11-7-10-21(25)13-22/h6-13,17,19H,14-16H2,1-5H3,(H,26,30). The molecule has 0 spiro atoms. The number of nitrogens with one attached hydrogen (secondary N) is 1. The number of benzene rings is 2. The number of hydrogen-bond acceptors (Lipinski definition) is 4. The third kappa shape index (κ3) is 7.85. The predicted molar refractivity (Wildman–Crippen MR) is 128 cm³/mol. The topological polar surface area (TPSA) is 86.8 Å². The maximum Gasteiger partial charge on any atom is 0.244 e. The molecule has 180 valence electrons. The largest absolute Gasteiger partial charge is 0.354 e. The first-order chi connectivity index (χ1) is 15.4. The summed E-state index contributed by atoms with van der Waals surface area (Å²) in [7, 11) is -3.89. The van der Waals surface area contributed by atoms with Crippen LogP contribution in [0.5, 0.6) is 0 Å². The van der Waals surface area contributed by atoms with Crippen molar-refractivity contribution in [2.75, 3.05) is 23.7 Å². The number of hydrogen-bond donors (Lipinski definition) is 1. The molecular weight excluding hydrogens is 445 g/mol. The van der Waals surface area contributed by atoms with Gasteiger partial charge in [0.25, 0.3) is 0 Å². The first kappa shape index (κ1) is 26.3. The van der Waals surface area contributed by atoms with Gasteiger partial charge in [-0.15, -0.1) is 0 Å². The summed E-state index contributed by atoms with van der Waals surface area (Å²) in [5.74, 6) is -1.29. The van der Waals surface area contributed by atoms with Gasteiger partial charge in [-0.1, -0.05) is 49.7 Å². The Morgan fingerprint density at radius 2 is 1.73 bits per heavy atom. The fraction of sp³-hybridized carbons (Fsp3) is 0.417. The number of nitrogens with zero attached hydrogens (tertiary/aromatic N) is 2. The summed E-state index contributed by atoms with van der Waals surface area (Å²) < 4.78 is 39.5.